The predicted octanol–water partition coefficient (Wildman–Crippen LogP) is 1.64. The van der Waals surface area contributed by atoms with E-state index >= 15 is 0 Å². The summed E-state index contributed by atoms with van der Waals surface area (Å²) in [6.45, 7) is 6.14. The summed E-state index contributed by atoms with van der Waals surface area (Å²) < 4.78 is 5.44. The molecule has 188 valence electrons. The van der Waals surface area contributed by atoms with Crippen LogP contribution in [-0.2, 0) is 16.1 Å². The zero-order valence-corrected chi connectivity index (χ0v) is 20.5. The molecule has 1 atom stereocenters. The van der Waals surface area contributed by atoms with Crippen LogP contribution in [0.2, 0.25) is 0 Å². The van der Waals surface area contributed by atoms with Crippen LogP contribution in [0.3, 0.4) is 0 Å². The Morgan fingerprint density at radius 3 is 2.78 bits per heavy atom. The molecule has 2 aromatic heterocycles. The minimum atomic E-state index is -0.380. The van der Waals surface area contributed by atoms with Crippen LogP contribution in [0.15, 0.2) is 41.3 Å². The van der Waals surface area contributed by atoms with E-state index in [-0.39, 0.29) is 23.4 Å². The summed E-state index contributed by atoms with van der Waals surface area (Å²) in [6, 6.07) is 8.40. The van der Waals surface area contributed by atoms with Crippen molar-refractivity contribution in [2.75, 3.05) is 50.1 Å². The summed E-state index contributed by atoms with van der Waals surface area (Å²) in [5, 5.41) is 6.69. The van der Waals surface area contributed by atoms with E-state index in [1.165, 1.54) is 6.07 Å². The van der Waals surface area contributed by atoms with Gasteiger partial charge >= 0.3 is 0 Å². The molecular formula is C26H30N6O4. The number of anilines is 2. The highest BCUT2D eigenvalue weighted by Crippen LogP contribution is 2.26. The van der Waals surface area contributed by atoms with E-state index in [2.05, 4.69) is 25.5 Å². The van der Waals surface area contributed by atoms with Crippen molar-refractivity contribution < 1.29 is 14.3 Å². The second-order valence-electron chi connectivity index (χ2n) is 9.34. The molecule has 0 bridgehead atoms. The molecule has 3 aromatic rings. The van der Waals surface area contributed by atoms with E-state index in [4.69, 9.17) is 4.74 Å². The molecular weight excluding hydrogens is 460 g/mol. The number of hydrogen-bond donors (Lipinski definition) is 3. The molecule has 36 heavy (non-hydrogen) atoms. The number of H-pyrrole nitrogens is 1. The Morgan fingerprint density at radius 2 is 2.03 bits per heavy atom. The van der Waals surface area contributed by atoms with Crippen molar-refractivity contribution in [2.24, 2.45) is 0 Å². The number of rotatable bonds is 6. The van der Waals surface area contributed by atoms with Crippen LogP contribution in [0.5, 0.6) is 0 Å². The van der Waals surface area contributed by atoms with Crippen LogP contribution in [0.4, 0.5) is 11.5 Å². The van der Waals surface area contributed by atoms with E-state index in [9.17, 15) is 14.4 Å². The zero-order valence-electron chi connectivity index (χ0n) is 20.5. The molecule has 2 saturated heterocycles. The summed E-state index contributed by atoms with van der Waals surface area (Å²) in [4.78, 5) is 49.2. The third-order valence-electron chi connectivity index (χ3n) is 6.81. The SMILES string of the molecule is Cc1cc(=O)[nH]c2ccc(NC(=O)c3cc(CN4CCOCC4)cnc3N(C)C3CCNC3=O)cc12. The van der Waals surface area contributed by atoms with Gasteiger partial charge in [0.1, 0.15) is 11.9 Å². The average Bonchev–Trinajstić information content (AvgIpc) is 3.30. The lowest BCUT2D eigenvalue weighted by Crippen LogP contribution is -2.39. The number of morpholine rings is 1. The third kappa shape index (κ3) is 4.95. The van der Waals surface area contributed by atoms with Gasteiger partial charge in [-0.05, 0) is 48.7 Å². The summed E-state index contributed by atoms with van der Waals surface area (Å²) in [5.41, 5.74) is 3.30. The van der Waals surface area contributed by atoms with Gasteiger partial charge in [-0.1, -0.05) is 0 Å². The highest BCUT2D eigenvalue weighted by atomic mass is 16.5. The molecule has 4 heterocycles. The van der Waals surface area contributed by atoms with Crippen molar-refractivity contribution in [3.05, 3.63) is 63.6 Å². The summed E-state index contributed by atoms with van der Waals surface area (Å²) in [6.07, 6.45) is 2.43. The number of aromatic nitrogens is 2. The Morgan fingerprint density at radius 1 is 1.22 bits per heavy atom. The van der Waals surface area contributed by atoms with Crippen molar-refractivity contribution in [3.63, 3.8) is 0 Å². The molecule has 0 radical (unpaired) electrons. The fourth-order valence-electron chi connectivity index (χ4n) is 4.85. The van der Waals surface area contributed by atoms with Gasteiger partial charge in [-0.2, -0.15) is 0 Å². The Labute approximate surface area is 208 Å². The topological polar surface area (TPSA) is 120 Å². The van der Waals surface area contributed by atoms with Gasteiger partial charge in [0.15, 0.2) is 0 Å². The van der Waals surface area contributed by atoms with Crippen molar-refractivity contribution in [1.29, 1.82) is 0 Å². The van der Waals surface area contributed by atoms with E-state index < -0.39 is 0 Å². The normalized spacial score (nSPS) is 18.3. The molecule has 0 saturated carbocycles. The number of benzene rings is 1. The first-order valence-electron chi connectivity index (χ1n) is 12.1. The number of carbonyl (C=O) groups excluding carboxylic acids is 2. The van der Waals surface area contributed by atoms with E-state index in [0.717, 1.165) is 29.6 Å². The van der Waals surface area contributed by atoms with Crippen molar-refractivity contribution >= 4 is 34.2 Å². The molecule has 0 aliphatic carbocycles. The van der Waals surface area contributed by atoms with Gasteiger partial charge < -0.3 is 25.3 Å². The lowest BCUT2D eigenvalue weighted by atomic mass is 10.1. The van der Waals surface area contributed by atoms with Crippen LogP contribution in [-0.4, -0.2) is 72.6 Å². The van der Waals surface area contributed by atoms with Crippen LogP contribution >= 0.6 is 0 Å². The number of nitrogens with zero attached hydrogens (tertiary/aromatic N) is 3. The summed E-state index contributed by atoms with van der Waals surface area (Å²) in [7, 11) is 1.80. The number of pyridine rings is 2. The zero-order chi connectivity index (χ0) is 25.2. The van der Waals surface area contributed by atoms with Gasteiger partial charge in [0.05, 0.1) is 18.8 Å². The fourth-order valence-corrected chi connectivity index (χ4v) is 4.85. The lowest BCUT2D eigenvalue weighted by Gasteiger charge is -2.28. The second-order valence-corrected chi connectivity index (χ2v) is 9.34. The number of aromatic amines is 1. The summed E-state index contributed by atoms with van der Waals surface area (Å²) >= 11 is 0. The first-order valence-corrected chi connectivity index (χ1v) is 12.1. The Bertz CT molecular complexity index is 1360. The monoisotopic (exact) mass is 490 g/mol. The van der Waals surface area contributed by atoms with Crippen LogP contribution in [0.25, 0.3) is 10.9 Å². The minimum absolute atomic E-state index is 0.0675. The smallest absolute Gasteiger partial charge is 0.259 e. The van der Waals surface area contributed by atoms with Crippen molar-refractivity contribution in [1.82, 2.24) is 20.2 Å². The van der Waals surface area contributed by atoms with Gasteiger partial charge in [-0.25, -0.2) is 4.98 Å². The number of ether oxygens (including phenoxy) is 1. The largest absolute Gasteiger partial charge is 0.379 e. The minimum Gasteiger partial charge on any atom is -0.379 e. The highest BCUT2D eigenvalue weighted by Gasteiger charge is 2.31. The maximum Gasteiger partial charge on any atom is 0.259 e. The Balaban J connectivity index is 1.46. The van der Waals surface area contributed by atoms with Gasteiger partial charge in [-0.15, -0.1) is 0 Å². The van der Waals surface area contributed by atoms with Gasteiger partial charge in [-0.3, -0.25) is 19.3 Å². The van der Waals surface area contributed by atoms with Crippen molar-refractivity contribution in [2.45, 2.75) is 25.9 Å². The molecule has 0 spiro atoms. The van der Waals surface area contributed by atoms with Gasteiger partial charge in [0, 0.05) is 62.1 Å². The fraction of sp³-hybridized carbons (Fsp3) is 0.385. The summed E-state index contributed by atoms with van der Waals surface area (Å²) in [5.74, 6) is 0.0802. The Kier molecular flexibility index (Phi) is 6.71. The molecule has 1 unspecified atom stereocenters. The molecule has 2 fully saturated rings. The third-order valence-corrected chi connectivity index (χ3v) is 6.81. The molecule has 3 N–H and O–H groups in total. The maximum absolute atomic E-state index is 13.6. The van der Waals surface area contributed by atoms with Crippen LogP contribution < -0.4 is 21.1 Å². The molecule has 2 amide bonds. The number of nitrogens with one attached hydrogen (secondary N) is 3. The van der Waals surface area contributed by atoms with Crippen LogP contribution in [0.1, 0.15) is 27.9 Å². The van der Waals surface area contributed by atoms with E-state index in [0.29, 0.717) is 55.3 Å². The number of aryl methyl sites for hydroxylation is 1. The molecule has 2 aliphatic rings. The average molecular weight is 491 g/mol. The quantitative estimate of drug-likeness (QED) is 0.481. The molecule has 5 rings (SSSR count). The van der Waals surface area contributed by atoms with E-state index in [1.54, 1.807) is 30.3 Å². The first kappa shape index (κ1) is 24.0. The van der Waals surface area contributed by atoms with E-state index in [1.807, 2.05) is 19.1 Å². The van der Waals surface area contributed by atoms with Crippen LogP contribution in [0, 0.1) is 6.92 Å². The standard InChI is InChI=1S/C26H30N6O4/c1-16-11-23(33)30-21-4-3-18(13-19(16)21)29-25(34)20-12-17(15-32-7-9-36-10-8-32)14-28-24(20)31(2)22-5-6-27-26(22)35/h3-4,11-14,22H,5-10,15H2,1-2H3,(H,27,35)(H,29,34)(H,30,33). The Hall–Kier alpha value is -3.76. The predicted molar refractivity (Wildman–Crippen MR) is 137 cm³/mol. The molecule has 10 heteroatoms. The van der Waals surface area contributed by atoms with Crippen molar-refractivity contribution in [3.8, 4) is 0 Å². The molecule has 2 aliphatic heterocycles. The highest BCUT2D eigenvalue weighted by molar-refractivity contribution is 6.08. The number of hydrogen-bond acceptors (Lipinski definition) is 7. The van der Waals surface area contributed by atoms with Gasteiger partial charge in [0.2, 0.25) is 11.5 Å². The number of amides is 2. The number of fused-ring (bicyclic) bond motifs is 1. The molecule has 1 aromatic carbocycles. The van der Waals surface area contributed by atoms with Gasteiger partial charge in [0.25, 0.3) is 5.91 Å². The first-order chi connectivity index (χ1) is 17.4. The number of carbonyl (C=O) groups is 2. The second kappa shape index (κ2) is 10.1. The lowest BCUT2D eigenvalue weighted by molar-refractivity contribution is -0.120. The number of likely N-dealkylation sites (N-methyl/N-ethyl adjacent to an activating group) is 1. The maximum atomic E-state index is 13.6. The molecule has 10 nitrogen and oxygen atoms in total.